The van der Waals surface area contributed by atoms with Gasteiger partial charge >= 0.3 is 0 Å². The molecule has 3 N–H and O–H groups in total. The van der Waals surface area contributed by atoms with Crippen molar-refractivity contribution in [2.75, 3.05) is 11.3 Å². The van der Waals surface area contributed by atoms with Gasteiger partial charge in [0.25, 0.3) is 10.0 Å². The van der Waals surface area contributed by atoms with Crippen LogP contribution < -0.4 is 10.0 Å². The van der Waals surface area contributed by atoms with E-state index in [2.05, 4.69) is 20.2 Å². The Labute approximate surface area is 122 Å². The molecule has 0 aliphatic carbocycles. The van der Waals surface area contributed by atoms with Gasteiger partial charge in [-0.05, 0) is 31.7 Å². The van der Waals surface area contributed by atoms with E-state index in [9.17, 15) is 12.8 Å². The fourth-order valence-corrected chi connectivity index (χ4v) is 3.36. The van der Waals surface area contributed by atoms with E-state index in [1.807, 2.05) is 6.92 Å². The number of rotatable bonds is 6. The summed E-state index contributed by atoms with van der Waals surface area (Å²) in [5.74, 6) is -0.507. The number of hydrogen-bond donors (Lipinski definition) is 3. The average Bonchev–Trinajstić information content (AvgIpc) is 2.77. The Morgan fingerprint density at radius 3 is 2.81 bits per heavy atom. The maximum Gasteiger partial charge on any atom is 0.265 e. The van der Waals surface area contributed by atoms with E-state index in [1.165, 1.54) is 18.2 Å². The first-order valence-electron chi connectivity index (χ1n) is 6.47. The van der Waals surface area contributed by atoms with Crippen LogP contribution >= 0.6 is 0 Å². The maximum atomic E-state index is 13.1. The summed E-state index contributed by atoms with van der Waals surface area (Å²) in [5, 5.41) is 9.69. The van der Waals surface area contributed by atoms with E-state index in [-0.39, 0.29) is 10.6 Å². The summed E-state index contributed by atoms with van der Waals surface area (Å²) in [7, 11) is -3.83. The van der Waals surface area contributed by atoms with Crippen molar-refractivity contribution in [2.45, 2.75) is 25.3 Å². The minimum Gasteiger partial charge on any atom is -0.311 e. The summed E-state index contributed by atoms with van der Waals surface area (Å²) >= 11 is 0. The third kappa shape index (κ3) is 3.59. The zero-order chi connectivity index (χ0) is 15.5. The number of hydrogen-bond acceptors (Lipinski definition) is 4. The Bertz CT molecular complexity index is 728. The molecule has 1 aromatic heterocycles. The highest BCUT2D eigenvalue weighted by Gasteiger charge is 2.24. The number of sulfonamides is 1. The molecular weight excluding hydrogens is 295 g/mol. The Hall–Kier alpha value is -1.93. The molecule has 0 spiro atoms. The molecule has 1 aromatic carbocycles. The van der Waals surface area contributed by atoms with Crippen molar-refractivity contribution < 1.29 is 12.8 Å². The van der Waals surface area contributed by atoms with Crippen LogP contribution in [0.3, 0.4) is 0 Å². The molecule has 0 aliphatic heterocycles. The summed E-state index contributed by atoms with van der Waals surface area (Å²) in [6.45, 7) is 4.57. The summed E-state index contributed by atoms with van der Waals surface area (Å²) < 4.78 is 40.4. The highest BCUT2D eigenvalue weighted by Crippen LogP contribution is 2.21. The summed E-state index contributed by atoms with van der Waals surface area (Å²) in [6, 6.07) is 5.30. The molecule has 21 heavy (non-hydrogen) atoms. The van der Waals surface area contributed by atoms with Crippen LogP contribution in [0.15, 0.2) is 29.2 Å². The first-order valence-corrected chi connectivity index (χ1v) is 7.95. The van der Waals surface area contributed by atoms with Gasteiger partial charge in [-0.15, -0.1) is 0 Å². The average molecular weight is 312 g/mol. The second-order valence-electron chi connectivity index (χ2n) is 4.52. The molecule has 0 fully saturated rings. The number of anilines is 1. The van der Waals surface area contributed by atoms with E-state index in [4.69, 9.17) is 0 Å². The summed E-state index contributed by atoms with van der Waals surface area (Å²) in [5.41, 5.74) is 1.01. The van der Waals surface area contributed by atoms with Gasteiger partial charge in [0.15, 0.2) is 0 Å². The van der Waals surface area contributed by atoms with E-state index in [0.29, 0.717) is 24.5 Å². The van der Waals surface area contributed by atoms with Gasteiger partial charge in [-0.1, -0.05) is 13.0 Å². The lowest BCUT2D eigenvalue weighted by molar-refractivity contribution is 0.597. The largest absolute Gasteiger partial charge is 0.311 e. The van der Waals surface area contributed by atoms with E-state index >= 15 is 0 Å². The third-order valence-electron chi connectivity index (χ3n) is 2.85. The number of nitrogens with zero attached hydrogens (tertiary/aromatic N) is 1. The molecule has 0 bridgehead atoms. The zero-order valence-electron chi connectivity index (χ0n) is 11.8. The minimum atomic E-state index is -3.83. The Kier molecular flexibility index (Phi) is 4.59. The number of nitrogens with one attached hydrogen (secondary N) is 3. The van der Waals surface area contributed by atoms with Gasteiger partial charge in [0.05, 0.1) is 17.1 Å². The van der Waals surface area contributed by atoms with Crippen molar-refractivity contribution in [2.24, 2.45) is 0 Å². The van der Waals surface area contributed by atoms with E-state index in [1.54, 1.807) is 6.92 Å². The Morgan fingerprint density at radius 2 is 2.14 bits per heavy atom. The molecule has 2 rings (SSSR count). The van der Waals surface area contributed by atoms with Crippen LogP contribution in [0.2, 0.25) is 0 Å². The monoisotopic (exact) mass is 312 g/mol. The predicted molar refractivity (Wildman–Crippen MR) is 77.9 cm³/mol. The standard InChI is InChI=1S/C13H17FN4O2S/c1-3-15-8-12-13(9(2)16-17-12)21(19,20)18-11-6-4-5-10(14)7-11/h4-7,15,18H,3,8H2,1-2H3,(H,16,17). The van der Waals surface area contributed by atoms with Gasteiger partial charge in [-0.25, -0.2) is 12.8 Å². The normalized spacial score (nSPS) is 11.6. The molecule has 0 unspecified atom stereocenters. The lowest BCUT2D eigenvalue weighted by Crippen LogP contribution is -2.19. The fourth-order valence-electron chi connectivity index (χ4n) is 1.95. The number of halogens is 1. The molecule has 0 saturated heterocycles. The quantitative estimate of drug-likeness (QED) is 0.758. The van der Waals surface area contributed by atoms with Gasteiger partial charge in [0, 0.05) is 6.54 Å². The van der Waals surface area contributed by atoms with E-state index < -0.39 is 15.8 Å². The Morgan fingerprint density at radius 1 is 1.38 bits per heavy atom. The highest BCUT2D eigenvalue weighted by atomic mass is 32.2. The van der Waals surface area contributed by atoms with Crippen LogP contribution in [0.1, 0.15) is 18.3 Å². The lowest BCUT2D eigenvalue weighted by atomic mass is 10.3. The van der Waals surface area contributed by atoms with Gasteiger partial charge in [-0.3, -0.25) is 9.82 Å². The van der Waals surface area contributed by atoms with Crippen molar-refractivity contribution in [1.29, 1.82) is 0 Å². The first kappa shape index (κ1) is 15.5. The Balaban J connectivity index is 2.33. The van der Waals surface area contributed by atoms with Gasteiger partial charge in [0.2, 0.25) is 0 Å². The summed E-state index contributed by atoms with van der Waals surface area (Å²) in [6.07, 6.45) is 0. The first-order chi connectivity index (χ1) is 9.94. The molecule has 0 atom stereocenters. The zero-order valence-corrected chi connectivity index (χ0v) is 12.6. The van der Waals surface area contributed by atoms with Crippen molar-refractivity contribution in [3.8, 4) is 0 Å². The highest BCUT2D eigenvalue weighted by molar-refractivity contribution is 7.92. The minimum absolute atomic E-state index is 0.0905. The molecule has 0 saturated carbocycles. The van der Waals surface area contributed by atoms with Crippen molar-refractivity contribution >= 4 is 15.7 Å². The number of aryl methyl sites for hydroxylation is 1. The van der Waals surface area contributed by atoms with Gasteiger partial charge in [0.1, 0.15) is 10.7 Å². The topological polar surface area (TPSA) is 86.9 Å². The van der Waals surface area contributed by atoms with E-state index in [0.717, 1.165) is 6.07 Å². The SMILES string of the molecule is CCNCc1n[nH]c(C)c1S(=O)(=O)Nc1cccc(F)c1. The smallest absolute Gasteiger partial charge is 0.265 e. The maximum absolute atomic E-state index is 13.1. The van der Waals surface area contributed by atoms with Crippen LogP contribution in [-0.4, -0.2) is 25.2 Å². The second-order valence-corrected chi connectivity index (χ2v) is 6.14. The van der Waals surface area contributed by atoms with Crippen molar-refractivity contribution in [1.82, 2.24) is 15.5 Å². The molecule has 2 aromatic rings. The molecule has 0 radical (unpaired) electrons. The molecule has 8 heteroatoms. The van der Waals surface area contributed by atoms with Crippen LogP contribution in [-0.2, 0) is 16.6 Å². The second kappa shape index (κ2) is 6.23. The molecule has 114 valence electrons. The third-order valence-corrected chi connectivity index (χ3v) is 4.43. The van der Waals surface area contributed by atoms with Crippen LogP contribution in [0.25, 0.3) is 0 Å². The molecule has 0 aliphatic rings. The van der Waals surface area contributed by atoms with Crippen molar-refractivity contribution in [3.05, 3.63) is 41.5 Å². The molecule has 6 nitrogen and oxygen atoms in total. The van der Waals surface area contributed by atoms with Crippen LogP contribution in [0.4, 0.5) is 10.1 Å². The predicted octanol–water partition coefficient (Wildman–Crippen LogP) is 1.77. The number of aromatic nitrogens is 2. The van der Waals surface area contributed by atoms with Gasteiger partial charge < -0.3 is 5.32 Å². The fraction of sp³-hybridized carbons (Fsp3) is 0.308. The van der Waals surface area contributed by atoms with Crippen LogP contribution in [0, 0.1) is 12.7 Å². The molecule has 0 amide bonds. The van der Waals surface area contributed by atoms with Crippen molar-refractivity contribution in [3.63, 3.8) is 0 Å². The molecular formula is C13H17FN4O2S. The lowest BCUT2D eigenvalue weighted by Gasteiger charge is -2.09. The molecule has 1 heterocycles. The summed E-state index contributed by atoms with van der Waals surface area (Å²) in [4.78, 5) is 0.0905. The number of aromatic amines is 1. The van der Waals surface area contributed by atoms with Gasteiger partial charge in [-0.2, -0.15) is 5.10 Å². The van der Waals surface area contributed by atoms with Crippen LogP contribution in [0.5, 0.6) is 0 Å². The number of H-pyrrole nitrogens is 1. The number of benzene rings is 1.